The monoisotopic (exact) mass is 266 g/mol. The highest BCUT2D eigenvalue weighted by atomic mass is 16.6. The first kappa shape index (κ1) is 14.7. The van der Waals surface area contributed by atoms with E-state index < -0.39 is 24.8 Å². The molecule has 1 aromatic rings. The molecule has 1 rings (SSSR count). The van der Waals surface area contributed by atoms with Gasteiger partial charge in [-0.05, 0) is 19.1 Å². The van der Waals surface area contributed by atoms with Gasteiger partial charge in [0.1, 0.15) is 0 Å². The van der Waals surface area contributed by atoms with Crippen LogP contribution in [0.1, 0.15) is 27.6 Å². The first-order chi connectivity index (χ1) is 9.06. The Morgan fingerprint density at radius 1 is 1.32 bits per heavy atom. The maximum atomic E-state index is 11.7. The molecule has 0 saturated heterocycles. The summed E-state index contributed by atoms with van der Waals surface area (Å²) in [4.78, 5) is 22.6. The van der Waals surface area contributed by atoms with Crippen molar-refractivity contribution in [2.45, 2.75) is 13.2 Å². The highest BCUT2D eigenvalue weighted by Crippen LogP contribution is 2.10. The number of carboxylic acids is 1. The molecule has 1 atom stereocenters. The number of hydrogen-bond donors (Lipinski definition) is 2. The summed E-state index contributed by atoms with van der Waals surface area (Å²) in [5.41, 5.74) is -0.232. The molecule has 0 heterocycles. The van der Waals surface area contributed by atoms with Gasteiger partial charge in [-0.3, -0.25) is 0 Å². The van der Waals surface area contributed by atoms with Gasteiger partial charge < -0.3 is 19.7 Å². The zero-order valence-electron chi connectivity index (χ0n) is 10.3. The molecule has 0 fully saturated rings. The zero-order chi connectivity index (χ0) is 14.3. The molecule has 1 unspecified atom stereocenters. The summed E-state index contributed by atoms with van der Waals surface area (Å²) in [6.45, 7) is 1.30. The topological polar surface area (TPSA) is 93.1 Å². The molecular formula is C13H14O6. The van der Waals surface area contributed by atoms with E-state index in [0.717, 1.165) is 0 Å². The van der Waals surface area contributed by atoms with Crippen LogP contribution in [0.3, 0.4) is 0 Å². The normalized spacial score (nSPS) is 12.1. The van der Waals surface area contributed by atoms with Gasteiger partial charge in [0.25, 0.3) is 0 Å². The fraction of sp³-hybridized carbons (Fsp3) is 0.231. The first-order valence-electron chi connectivity index (χ1n) is 5.50. The predicted octanol–water partition coefficient (Wildman–Crippen LogP) is 1.41. The summed E-state index contributed by atoms with van der Waals surface area (Å²) in [5.74, 6) is -2.06. The van der Waals surface area contributed by atoms with Crippen molar-refractivity contribution in [2.75, 3.05) is 6.61 Å². The number of aliphatic hydroxyl groups excluding tert-OH is 1. The molecule has 19 heavy (non-hydrogen) atoms. The van der Waals surface area contributed by atoms with Crippen molar-refractivity contribution in [3.63, 3.8) is 0 Å². The van der Waals surface area contributed by atoms with Crippen molar-refractivity contribution >= 4 is 11.9 Å². The molecule has 0 spiro atoms. The fourth-order valence-electron chi connectivity index (χ4n) is 1.28. The van der Waals surface area contributed by atoms with Crippen LogP contribution in [0.5, 0.6) is 0 Å². The molecule has 0 radical (unpaired) electrons. The minimum atomic E-state index is -1.29. The molecular weight excluding hydrogens is 252 g/mol. The summed E-state index contributed by atoms with van der Waals surface area (Å²) in [6.07, 6.45) is 1.52. The summed E-state index contributed by atoms with van der Waals surface area (Å²) in [7, 11) is 0. The van der Waals surface area contributed by atoms with Gasteiger partial charge in [0.05, 0.1) is 17.4 Å². The third-order valence-electron chi connectivity index (χ3n) is 2.11. The maximum absolute atomic E-state index is 11.7. The second kappa shape index (κ2) is 7.17. The van der Waals surface area contributed by atoms with E-state index >= 15 is 0 Å². The van der Waals surface area contributed by atoms with Crippen molar-refractivity contribution in [1.82, 2.24) is 0 Å². The van der Waals surface area contributed by atoms with E-state index in [4.69, 9.17) is 14.6 Å². The number of esters is 1. The number of carbonyl (C=O) groups excluding carboxylic acids is 1. The second-order valence-electron chi connectivity index (χ2n) is 3.51. The lowest BCUT2D eigenvalue weighted by Gasteiger charge is -2.11. The molecule has 0 aromatic heterocycles. The number of carbonyl (C=O) groups is 2. The highest BCUT2D eigenvalue weighted by molar-refractivity contribution is 6.02. The number of ether oxygens (including phenoxy) is 2. The van der Waals surface area contributed by atoms with Gasteiger partial charge in [-0.25, -0.2) is 9.59 Å². The quantitative estimate of drug-likeness (QED) is 0.459. The van der Waals surface area contributed by atoms with Gasteiger partial charge in [0, 0.05) is 0 Å². The van der Waals surface area contributed by atoms with Crippen LogP contribution in [-0.2, 0) is 9.47 Å². The predicted molar refractivity (Wildman–Crippen MR) is 65.6 cm³/mol. The van der Waals surface area contributed by atoms with Crippen LogP contribution < -0.4 is 0 Å². The smallest absolute Gasteiger partial charge is 0.339 e. The van der Waals surface area contributed by atoms with Crippen LogP contribution in [0.25, 0.3) is 0 Å². The van der Waals surface area contributed by atoms with E-state index in [-0.39, 0.29) is 11.1 Å². The number of rotatable bonds is 6. The molecule has 6 heteroatoms. The van der Waals surface area contributed by atoms with Crippen LogP contribution in [0.4, 0.5) is 0 Å². The van der Waals surface area contributed by atoms with E-state index in [1.54, 1.807) is 13.0 Å². The largest absolute Gasteiger partial charge is 0.478 e. The third kappa shape index (κ3) is 4.44. The van der Waals surface area contributed by atoms with E-state index in [9.17, 15) is 14.7 Å². The Balaban J connectivity index is 2.66. The van der Waals surface area contributed by atoms with E-state index in [2.05, 4.69) is 0 Å². The van der Waals surface area contributed by atoms with Crippen LogP contribution in [0.15, 0.2) is 36.6 Å². The molecule has 0 bridgehead atoms. The Morgan fingerprint density at radius 2 is 1.95 bits per heavy atom. The molecule has 0 aliphatic rings. The lowest BCUT2D eigenvalue weighted by Crippen LogP contribution is -2.21. The Hall–Kier alpha value is -2.34. The van der Waals surface area contributed by atoms with Crippen molar-refractivity contribution < 1.29 is 29.3 Å². The number of allylic oxidation sites excluding steroid dienone is 1. The standard InChI is InChI=1S/C13H14O6/c1-2-7-18-11(14)8-19-13(17)10-6-4-3-5-9(10)12(15)16/h2-7,11,14H,8H2,1H3,(H,15,16). The van der Waals surface area contributed by atoms with Crippen LogP contribution in [0.2, 0.25) is 0 Å². The molecule has 0 amide bonds. The van der Waals surface area contributed by atoms with Gasteiger partial charge in [-0.15, -0.1) is 0 Å². The summed E-state index contributed by atoms with van der Waals surface area (Å²) in [5, 5.41) is 18.2. The van der Waals surface area contributed by atoms with Crippen molar-refractivity contribution in [3.05, 3.63) is 47.7 Å². The Kier molecular flexibility index (Phi) is 5.56. The third-order valence-corrected chi connectivity index (χ3v) is 2.11. The van der Waals surface area contributed by atoms with Gasteiger partial charge in [0.2, 0.25) is 6.29 Å². The Morgan fingerprint density at radius 3 is 2.53 bits per heavy atom. The van der Waals surface area contributed by atoms with Crippen LogP contribution >= 0.6 is 0 Å². The molecule has 6 nitrogen and oxygen atoms in total. The Bertz CT molecular complexity index is 480. The number of aliphatic hydroxyl groups is 1. The summed E-state index contributed by atoms with van der Waals surface area (Å²) in [6, 6.07) is 5.66. The molecule has 0 aliphatic carbocycles. The molecule has 2 N–H and O–H groups in total. The maximum Gasteiger partial charge on any atom is 0.339 e. The lowest BCUT2D eigenvalue weighted by molar-refractivity contribution is -0.0890. The van der Waals surface area contributed by atoms with Gasteiger partial charge >= 0.3 is 11.9 Å². The molecule has 0 saturated carbocycles. The SMILES string of the molecule is CC=COC(O)COC(=O)c1ccccc1C(=O)O. The summed E-state index contributed by atoms with van der Waals surface area (Å²) >= 11 is 0. The van der Waals surface area contributed by atoms with E-state index in [0.29, 0.717) is 0 Å². The van der Waals surface area contributed by atoms with Gasteiger partial charge in [0.15, 0.2) is 6.61 Å². The molecule has 102 valence electrons. The zero-order valence-corrected chi connectivity index (χ0v) is 10.3. The average Bonchev–Trinajstić information content (AvgIpc) is 2.42. The van der Waals surface area contributed by atoms with E-state index in [1.165, 1.54) is 30.5 Å². The second-order valence-corrected chi connectivity index (χ2v) is 3.51. The Labute approximate surface area is 109 Å². The number of hydrogen-bond acceptors (Lipinski definition) is 5. The van der Waals surface area contributed by atoms with Crippen LogP contribution in [0, 0.1) is 0 Å². The van der Waals surface area contributed by atoms with Crippen molar-refractivity contribution in [2.24, 2.45) is 0 Å². The number of benzene rings is 1. The fourth-order valence-corrected chi connectivity index (χ4v) is 1.28. The highest BCUT2D eigenvalue weighted by Gasteiger charge is 2.18. The number of carboxylic acid groups (broad SMARTS) is 1. The van der Waals surface area contributed by atoms with Crippen LogP contribution in [-0.4, -0.2) is 35.0 Å². The first-order valence-corrected chi connectivity index (χ1v) is 5.50. The lowest BCUT2D eigenvalue weighted by atomic mass is 10.1. The van der Waals surface area contributed by atoms with Crippen molar-refractivity contribution in [3.8, 4) is 0 Å². The molecule has 1 aromatic carbocycles. The van der Waals surface area contributed by atoms with E-state index in [1.807, 2.05) is 0 Å². The van der Waals surface area contributed by atoms with Gasteiger partial charge in [-0.1, -0.05) is 18.2 Å². The molecule has 0 aliphatic heterocycles. The van der Waals surface area contributed by atoms with Crippen molar-refractivity contribution in [1.29, 1.82) is 0 Å². The minimum absolute atomic E-state index is 0.0757. The minimum Gasteiger partial charge on any atom is -0.478 e. The number of aromatic carboxylic acids is 1. The van der Waals surface area contributed by atoms with Gasteiger partial charge in [-0.2, -0.15) is 0 Å². The summed E-state index contributed by atoms with van der Waals surface area (Å²) < 4.78 is 9.50. The average molecular weight is 266 g/mol.